The standard InChI is InChI=1S/C23H16ClN3OS/c24-18-8-3-17(4-9-18)23-27(21(28)14-29-23)19-10-5-15(6-11-19)20-12-7-16-2-1-13-25-22(16)26-20/h1-13,23H,14H2. The van der Waals surface area contributed by atoms with Gasteiger partial charge in [-0.05, 0) is 54.1 Å². The van der Waals surface area contributed by atoms with Crippen molar-refractivity contribution in [2.75, 3.05) is 10.7 Å². The van der Waals surface area contributed by atoms with Crippen LogP contribution in [-0.2, 0) is 4.79 Å². The van der Waals surface area contributed by atoms with Gasteiger partial charge >= 0.3 is 0 Å². The molecular formula is C23H16ClN3OS. The zero-order valence-corrected chi connectivity index (χ0v) is 16.9. The van der Waals surface area contributed by atoms with E-state index in [9.17, 15) is 4.79 Å². The third-order valence-electron chi connectivity index (χ3n) is 4.93. The van der Waals surface area contributed by atoms with Crippen LogP contribution in [0.15, 0.2) is 79.0 Å². The van der Waals surface area contributed by atoms with Crippen LogP contribution in [0.25, 0.3) is 22.3 Å². The molecule has 2 aromatic carbocycles. The molecule has 2 aromatic heterocycles. The van der Waals surface area contributed by atoms with Crippen molar-refractivity contribution in [2.24, 2.45) is 0 Å². The van der Waals surface area contributed by atoms with Crippen LogP contribution in [0.3, 0.4) is 0 Å². The Morgan fingerprint density at radius 2 is 1.76 bits per heavy atom. The normalized spacial score (nSPS) is 16.5. The number of carbonyl (C=O) groups is 1. The van der Waals surface area contributed by atoms with Crippen molar-refractivity contribution < 1.29 is 4.79 Å². The molecule has 1 unspecified atom stereocenters. The summed E-state index contributed by atoms with van der Waals surface area (Å²) in [6.07, 6.45) is 1.75. The minimum atomic E-state index is -0.0476. The predicted molar refractivity (Wildman–Crippen MR) is 119 cm³/mol. The molecule has 5 rings (SSSR count). The van der Waals surface area contributed by atoms with Crippen LogP contribution in [0, 0.1) is 0 Å². The predicted octanol–water partition coefficient (Wildman–Crippen LogP) is 5.73. The van der Waals surface area contributed by atoms with Gasteiger partial charge in [-0.25, -0.2) is 9.97 Å². The fourth-order valence-corrected chi connectivity index (χ4v) is 4.79. The van der Waals surface area contributed by atoms with E-state index in [0.29, 0.717) is 10.8 Å². The molecule has 0 bridgehead atoms. The van der Waals surface area contributed by atoms with Gasteiger partial charge in [-0.1, -0.05) is 35.9 Å². The van der Waals surface area contributed by atoms with Gasteiger partial charge in [-0.15, -0.1) is 11.8 Å². The fraction of sp³-hybridized carbons (Fsp3) is 0.0870. The molecule has 0 spiro atoms. The number of pyridine rings is 2. The monoisotopic (exact) mass is 417 g/mol. The largest absolute Gasteiger partial charge is 0.295 e. The summed E-state index contributed by atoms with van der Waals surface area (Å²) in [6.45, 7) is 0. The third-order valence-corrected chi connectivity index (χ3v) is 6.39. The maximum Gasteiger partial charge on any atom is 0.238 e. The van der Waals surface area contributed by atoms with Crippen molar-refractivity contribution in [3.8, 4) is 11.3 Å². The summed E-state index contributed by atoms with van der Waals surface area (Å²) in [6, 6.07) is 23.6. The van der Waals surface area contributed by atoms with Crippen LogP contribution < -0.4 is 4.90 Å². The number of benzene rings is 2. The van der Waals surface area contributed by atoms with Crippen molar-refractivity contribution in [1.82, 2.24) is 9.97 Å². The van der Waals surface area contributed by atoms with Gasteiger partial charge in [0.2, 0.25) is 5.91 Å². The van der Waals surface area contributed by atoms with Gasteiger partial charge in [-0.3, -0.25) is 9.69 Å². The van der Waals surface area contributed by atoms with Gasteiger partial charge in [0.15, 0.2) is 5.65 Å². The summed E-state index contributed by atoms with van der Waals surface area (Å²) in [4.78, 5) is 23.4. The first-order valence-electron chi connectivity index (χ1n) is 9.20. The number of fused-ring (bicyclic) bond motifs is 1. The maximum atomic E-state index is 12.6. The Bertz CT molecular complexity index is 1190. The molecule has 3 heterocycles. The minimum Gasteiger partial charge on any atom is -0.295 e. The third kappa shape index (κ3) is 3.48. The van der Waals surface area contributed by atoms with E-state index < -0.39 is 0 Å². The number of carbonyl (C=O) groups excluding carboxylic acids is 1. The number of aromatic nitrogens is 2. The topological polar surface area (TPSA) is 46.1 Å². The molecule has 1 saturated heterocycles. The molecule has 6 heteroatoms. The van der Waals surface area contributed by atoms with Crippen LogP contribution >= 0.6 is 23.4 Å². The number of rotatable bonds is 3. The van der Waals surface area contributed by atoms with E-state index in [1.807, 2.05) is 77.7 Å². The molecule has 1 aliphatic heterocycles. The Hall–Kier alpha value is -2.89. The van der Waals surface area contributed by atoms with Crippen LogP contribution in [0.1, 0.15) is 10.9 Å². The van der Waals surface area contributed by atoms with Crippen molar-refractivity contribution in [1.29, 1.82) is 0 Å². The summed E-state index contributed by atoms with van der Waals surface area (Å²) >= 11 is 7.64. The molecule has 4 aromatic rings. The lowest BCUT2D eigenvalue weighted by atomic mass is 10.1. The van der Waals surface area contributed by atoms with E-state index >= 15 is 0 Å². The number of thioether (sulfide) groups is 1. The quantitative estimate of drug-likeness (QED) is 0.427. The second-order valence-electron chi connectivity index (χ2n) is 6.77. The first-order chi connectivity index (χ1) is 14.2. The highest BCUT2D eigenvalue weighted by Gasteiger charge is 2.33. The number of amides is 1. The van der Waals surface area contributed by atoms with Gasteiger partial charge in [0.05, 0.1) is 11.4 Å². The Kier molecular flexibility index (Phi) is 4.70. The van der Waals surface area contributed by atoms with Crippen LogP contribution in [0.5, 0.6) is 0 Å². The summed E-state index contributed by atoms with van der Waals surface area (Å²) in [7, 11) is 0. The van der Waals surface area contributed by atoms with E-state index in [4.69, 9.17) is 11.6 Å². The van der Waals surface area contributed by atoms with Gasteiger partial charge in [0.1, 0.15) is 5.37 Å². The van der Waals surface area contributed by atoms with Gasteiger partial charge in [0, 0.05) is 27.9 Å². The maximum absolute atomic E-state index is 12.6. The number of nitrogens with zero attached hydrogens (tertiary/aromatic N) is 3. The molecule has 1 aliphatic rings. The van der Waals surface area contributed by atoms with Crippen molar-refractivity contribution in [3.63, 3.8) is 0 Å². The van der Waals surface area contributed by atoms with Gasteiger partial charge in [-0.2, -0.15) is 0 Å². The van der Waals surface area contributed by atoms with Crippen LogP contribution in [0.4, 0.5) is 5.69 Å². The molecule has 1 atom stereocenters. The van der Waals surface area contributed by atoms with E-state index in [1.165, 1.54) is 0 Å². The summed E-state index contributed by atoms with van der Waals surface area (Å²) in [5.74, 6) is 0.572. The molecule has 0 N–H and O–H groups in total. The number of halogens is 1. The van der Waals surface area contributed by atoms with E-state index in [0.717, 1.165) is 33.5 Å². The molecule has 4 nitrogen and oxygen atoms in total. The molecule has 1 amide bonds. The first-order valence-corrected chi connectivity index (χ1v) is 10.6. The van der Waals surface area contributed by atoms with Crippen LogP contribution in [-0.4, -0.2) is 21.6 Å². The Labute approximate surface area is 177 Å². The number of hydrogen-bond donors (Lipinski definition) is 0. The van der Waals surface area contributed by atoms with Gasteiger partial charge in [0.25, 0.3) is 0 Å². The highest BCUT2D eigenvalue weighted by Crippen LogP contribution is 2.42. The van der Waals surface area contributed by atoms with E-state index in [2.05, 4.69) is 9.97 Å². The second kappa shape index (κ2) is 7.50. The lowest BCUT2D eigenvalue weighted by Crippen LogP contribution is -2.27. The number of anilines is 1. The highest BCUT2D eigenvalue weighted by atomic mass is 35.5. The zero-order valence-electron chi connectivity index (χ0n) is 15.3. The Balaban J connectivity index is 1.46. The lowest BCUT2D eigenvalue weighted by Gasteiger charge is -2.24. The smallest absolute Gasteiger partial charge is 0.238 e. The molecule has 1 fully saturated rings. The minimum absolute atomic E-state index is 0.0476. The molecule has 0 aliphatic carbocycles. The molecule has 0 saturated carbocycles. The summed E-state index contributed by atoms with van der Waals surface area (Å²) in [5.41, 5.74) is 4.52. The molecule has 142 valence electrons. The highest BCUT2D eigenvalue weighted by molar-refractivity contribution is 8.00. The SMILES string of the molecule is O=C1CSC(c2ccc(Cl)cc2)N1c1ccc(-c2ccc3cccnc3n2)cc1. The van der Waals surface area contributed by atoms with Crippen molar-refractivity contribution in [2.45, 2.75) is 5.37 Å². The Morgan fingerprint density at radius 3 is 2.55 bits per heavy atom. The Morgan fingerprint density at radius 1 is 0.966 bits per heavy atom. The molecular weight excluding hydrogens is 402 g/mol. The van der Waals surface area contributed by atoms with E-state index in [-0.39, 0.29) is 11.3 Å². The van der Waals surface area contributed by atoms with Crippen molar-refractivity contribution in [3.05, 3.63) is 89.6 Å². The molecule has 0 radical (unpaired) electrons. The van der Waals surface area contributed by atoms with Crippen LogP contribution in [0.2, 0.25) is 5.02 Å². The van der Waals surface area contributed by atoms with Crippen molar-refractivity contribution >= 4 is 46.0 Å². The van der Waals surface area contributed by atoms with E-state index in [1.54, 1.807) is 18.0 Å². The van der Waals surface area contributed by atoms with Gasteiger partial charge < -0.3 is 0 Å². The second-order valence-corrected chi connectivity index (χ2v) is 8.28. The average Bonchev–Trinajstić information content (AvgIpc) is 3.15. The first kappa shape index (κ1) is 18.2. The number of hydrogen-bond acceptors (Lipinski definition) is 4. The zero-order chi connectivity index (χ0) is 19.8. The summed E-state index contributed by atoms with van der Waals surface area (Å²) in [5, 5.41) is 1.66. The fourth-order valence-electron chi connectivity index (χ4n) is 3.48. The summed E-state index contributed by atoms with van der Waals surface area (Å²) < 4.78 is 0. The lowest BCUT2D eigenvalue weighted by molar-refractivity contribution is -0.115. The molecule has 29 heavy (non-hydrogen) atoms. The average molecular weight is 418 g/mol.